The zero-order valence-electron chi connectivity index (χ0n) is 4.69. The fourth-order valence-electron chi connectivity index (χ4n) is 0.160. The number of hydrogen-bond donors (Lipinski definition) is 1. The molecule has 0 bridgehead atoms. The molecule has 0 fully saturated rings. The Labute approximate surface area is 43.9 Å². The van der Waals surface area contributed by atoms with Crippen LogP contribution in [0.25, 0.3) is 0 Å². The number of hydrogen-bond acceptors (Lipinski definition) is 1. The molecule has 1 N–H and O–H groups in total. The summed E-state index contributed by atoms with van der Waals surface area (Å²) in [6, 6.07) is 0. The van der Waals surface area contributed by atoms with Crippen LogP contribution in [0.5, 0.6) is 0 Å². The summed E-state index contributed by atoms with van der Waals surface area (Å²) in [4.78, 5) is 9.67. The minimum Gasteiger partial charge on any atom is -0.354 e. The second kappa shape index (κ2) is 1.96. The Hall–Kier alpha value is -0.530. The van der Waals surface area contributed by atoms with Gasteiger partial charge in [0.2, 0.25) is 6.41 Å². The lowest BCUT2D eigenvalue weighted by Gasteiger charge is -2.15. The van der Waals surface area contributed by atoms with Crippen LogP contribution in [0, 0.1) is 6.92 Å². The molecule has 0 aromatic heterocycles. The van der Waals surface area contributed by atoms with E-state index < -0.39 is 0 Å². The molecule has 7 heavy (non-hydrogen) atoms. The van der Waals surface area contributed by atoms with Crippen molar-refractivity contribution < 1.29 is 4.79 Å². The number of carbonyl (C=O) groups is 1. The van der Waals surface area contributed by atoms with Gasteiger partial charge in [-0.2, -0.15) is 0 Å². The van der Waals surface area contributed by atoms with Gasteiger partial charge in [-0.15, -0.1) is 0 Å². The largest absolute Gasteiger partial charge is 0.354 e. The zero-order chi connectivity index (χ0) is 5.91. The van der Waals surface area contributed by atoms with E-state index in [2.05, 4.69) is 12.2 Å². The summed E-state index contributed by atoms with van der Waals surface area (Å²) in [7, 11) is 0. The molecule has 0 spiro atoms. The quantitative estimate of drug-likeness (QED) is 0.498. The van der Waals surface area contributed by atoms with Crippen molar-refractivity contribution in [2.45, 2.75) is 19.4 Å². The topological polar surface area (TPSA) is 29.1 Å². The van der Waals surface area contributed by atoms with Crippen LogP contribution in [0.1, 0.15) is 13.8 Å². The minimum absolute atomic E-state index is 0.318. The zero-order valence-corrected chi connectivity index (χ0v) is 4.69. The molecule has 0 rings (SSSR count). The number of rotatable bonds is 2. The van der Waals surface area contributed by atoms with Crippen molar-refractivity contribution in [1.82, 2.24) is 5.32 Å². The highest BCUT2D eigenvalue weighted by atomic mass is 16.1. The first-order valence-corrected chi connectivity index (χ1v) is 2.13. The number of amides is 1. The molecule has 0 aliphatic heterocycles. The molecular weight excluding hydrogens is 90.1 g/mol. The van der Waals surface area contributed by atoms with Gasteiger partial charge < -0.3 is 5.32 Å². The minimum atomic E-state index is -0.318. The maximum Gasteiger partial charge on any atom is 0.207 e. The van der Waals surface area contributed by atoms with E-state index in [1.165, 1.54) is 0 Å². The number of nitrogens with one attached hydrogen (secondary N) is 1. The monoisotopic (exact) mass is 100 g/mol. The molecule has 2 heteroatoms. The summed E-state index contributed by atoms with van der Waals surface area (Å²) in [6.07, 6.45) is 0.646. The smallest absolute Gasteiger partial charge is 0.207 e. The fraction of sp³-hybridized carbons (Fsp3) is 0.600. The van der Waals surface area contributed by atoms with Crippen molar-refractivity contribution in [3.63, 3.8) is 0 Å². The highest BCUT2D eigenvalue weighted by molar-refractivity contribution is 5.47. The van der Waals surface area contributed by atoms with Crippen LogP contribution in [0.15, 0.2) is 0 Å². The highest BCUT2D eigenvalue weighted by Gasteiger charge is 2.04. The Bertz CT molecular complexity index is 63.0. The Morgan fingerprint density at radius 1 is 1.71 bits per heavy atom. The van der Waals surface area contributed by atoms with Gasteiger partial charge in [0.05, 0.1) is 0 Å². The van der Waals surface area contributed by atoms with Gasteiger partial charge in [0.15, 0.2) is 0 Å². The first-order valence-electron chi connectivity index (χ1n) is 2.13. The lowest BCUT2D eigenvalue weighted by molar-refractivity contribution is -0.110. The van der Waals surface area contributed by atoms with Crippen LogP contribution in [0.3, 0.4) is 0 Å². The van der Waals surface area contributed by atoms with Crippen molar-refractivity contribution in [3.05, 3.63) is 6.92 Å². The first-order chi connectivity index (χ1) is 3.06. The van der Waals surface area contributed by atoms with Crippen LogP contribution in [0.2, 0.25) is 0 Å². The molecule has 0 heterocycles. The summed E-state index contributed by atoms with van der Waals surface area (Å²) >= 11 is 0. The average Bonchev–Trinajstić information content (AvgIpc) is 1.30. The molecule has 0 aliphatic rings. The summed E-state index contributed by atoms with van der Waals surface area (Å²) < 4.78 is 0. The van der Waals surface area contributed by atoms with E-state index in [0.29, 0.717) is 6.41 Å². The van der Waals surface area contributed by atoms with E-state index in [0.717, 1.165) is 0 Å². The predicted octanol–water partition coefficient (Wildman–Crippen LogP) is 0.345. The molecule has 0 aromatic rings. The third kappa shape index (κ3) is 5.47. The fourth-order valence-corrected chi connectivity index (χ4v) is 0.160. The Morgan fingerprint density at radius 3 is 2.14 bits per heavy atom. The van der Waals surface area contributed by atoms with Crippen LogP contribution >= 0.6 is 0 Å². The van der Waals surface area contributed by atoms with Gasteiger partial charge in [-0.05, 0) is 20.8 Å². The Kier molecular flexibility index (Phi) is 1.81. The molecule has 1 radical (unpaired) electrons. The predicted molar refractivity (Wildman–Crippen MR) is 28.6 cm³/mol. The molecule has 0 aromatic carbocycles. The molecule has 41 valence electrons. The molecule has 0 saturated carbocycles. The molecule has 1 amide bonds. The molecule has 0 unspecified atom stereocenters. The number of carbonyl (C=O) groups excluding carboxylic acids is 1. The van der Waals surface area contributed by atoms with Gasteiger partial charge in [-0.3, -0.25) is 4.79 Å². The Morgan fingerprint density at radius 2 is 2.14 bits per heavy atom. The van der Waals surface area contributed by atoms with Gasteiger partial charge in [0, 0.05) is 5.54 Å². The first kappa shape index (κ1) is 6.47. The molecule has 2 nitrogen and oxygen atoms in total. The van der Waals surface area contributed by atoms with Crippen molar-refractivity contribution in [2.75, 3.05) is 0 Å². The molecular formula is C5H10NO. The van der Waals surface area contributed by atoms with Crippen LogP contribution in [-0.2, 0) is 4.79 Å². The van der Waals surface area contributed by atoms with E-state index in [9.17, 15) is 4.79 Å². The van der Waals surface area contributed by atoms with Gasteiger partial charge in [-0.25, -0.2) is 0 Å². The van der Waals surface area contributed by atoms with Gasteiger partial charge in [-0.1, -0.05) is 0 Å². The van der Waals surface area contributed by atoms with E-state index >= 15 is 0 Å². The van der Waals surface area contributed by atoms with Gasteiger partial charge in [0.25, 0.3) is 0 Å². The molecule has 0 saturated heterocycles. The van der Waals surface area contributed by atoms with E-state index in [1.54, 1.807) is 0 Å². The van der Waals surface area contributed by atoms with Gasteiger partial charge >= 0.3 is 0 Å². The van der Waals surface area contributed by atoms with Crippen LogP contribution in [0.4, 0.5) is 0 Å². The van der Waals surface area contributed by atoms with E-state index in [-0.39, 0.29) is 5.54 Å². The molecule has 0 aliphatic carbocycles. The second-order valence-corrected chi connectivity index (χ2v) is 2.15. The maximum absolute atomic E-state index is 9.67. The van der Waals surface area contributed by atoms with Crippen LogP contribution < -0.4 is 5.32 Å². The van der Waals surface area contributed by atoms with E-state index in [1.807, 2.05) is 13.8 Å². The van der Waals surface area contributed by atoms with Crippen molar-refractivity contribution in [1.29, 1.82) is 0 Å². The third-order valence-corrected chi connectivity index (χ3v) is 0.450. The lowest BCUT2D eigenvalue weighted by Crippen LogP contribution is -2.34. The van der Waals surface area contributed by atoms with Crippen LogP contribution in [-0.4, -0.2) is 11.9 Å². The normalized spacial score (nSPS) is 10.7. The van der Waals surface area contributed by atoms with E-state index in [4.69, 9.17) is 0 Å². The molecule has 0 atom stereocenters. The van der Waals surface area contributed by atoms with Crippen molar-refractivity contribution >= 4 is 6.41 Å². The lowest BCUT2D eigenvalue weighted by atomic mass is 10.1. The Balaban J connectivity index is 3.34. The second-order valence-electron chi connectivity index (χ2n) is 2.15. The standard InChI is InChI=1S/C5H10NO/c1-5(2,3)6-4-7/h4H,1H2,2-3H3,(H,6,7). The average molecular weight is 100 g/mol. The van der Waals surface area contributed by atoms with Crippen molar-refractivity contribution in [3.8, 4) is 0 Å². The summed E-state index contributed by atoms with van der Waals surface area (Å²) in [5.74, 6) is 0. The maximum atomic E-state index is 9.67. The van der Waals surface area contributed by atoms with Crippen molar-refractivity contribution in [2.24, 2.45) is 0 Å². The van der Waals surface area contributed by atoms with Gasteiger partial charge in [0.1, 0.15) is 0 Å². The summed E-state index contributed by atoms with van der Waals surface area (Å²) in [5, 5.41) is 2.49. The highest BCUT2D eigenvalue weighted by Crippen LogP contribution is 1.93. The summed E-state index contributed by atoms with van der Waals surface area (Å²) in [6.45, 7) is 7.26. The summed E-state index contributed by atoms with van der Waals surface area (Å²) in [5.41, 5.74) is -0.318. The SMILES string of the molecule is [CH2]C(C)(C)NC=O. The third-order valence-electron chi connectivity index (χ3n) is 0.450.